The molecule has 10 heteroatoms. The van der Waals surface area contributed by atoms with E-state index in [1.807, 2.05) is 25.7 Å². The number of nitrogens with two attached hydrogens (primary N) is 1. The third-order valence-corrected chi connectivity index (χ3v) is 4.98. The summed E-state index contributed by atoms with van der Waals surface area (Å²) in [6, 6.07) is 10.1. The molecule has 0 radical (unpaired) electrons. The van der Waals surface area contributed by atoms with Crippen LogP contribution >= 0.6 is 0 Å². The highest BCUT2D eigenvalue weighted by molar-refractivity contribution is 5.78. The van der Waals surface area contributed by atoms with Crippen LogP contribution in [0, 0.1) is 16.0 Å². The maximum absolute atomic E-state index is 14.2. The number of primary amides is 1. The molecule has 2 unspecified atom stereocenters. The minimum Gasteiger partial charge on any atom is -0.369 e. The number of pyridine rings is 1. The molecule has 31 heavy (non-hydrogen) atoms. The van der Waals surface area contributed by atoms with Crippen molar-refractivity contribution < 1.29 is 14.1 Å². The zero-order chi connectivity index (χ0) is 22.8. The van der Waals surface area contributed by atoms with Crippen molar-refractivity contribution in [3.63, 3.8) is 0 Å². The molecule has 1 saturated heterocycles. The first-order valence-electron chi connectivity index (χ1n) is 10.0. The van der Waals surface area contributed by atoms with Crippen molar-refractivity contribution in [2.45, 2.75) is 38.9 Å². The number of carbonyl (C=O) groups is 1. The second kappa shape index (κ2) is 8.75. The molecule has 9 nitrogen and oxygen atoms in total. The van der Waals surface area contributed by atoms with E-state index >= 15 is 0 Å². The van der Waals surface area contributed by atoms with Gasteiger partial charge >= 0.3 is 5.69 Å². The molecule has 1 aromatic carbocycles. The number of anilines is 4. The van der Waals surface area contributed by atoms with Crippen LogP contribution in [0.3, 0.4) is 0 Å². The fourth-order valence-corrected chi connectivity index (χ4v) is 3.50. The Morgan fingerprint density at radius 1 is 1.26 bits per heavy atom. The number of hydrogen-bond acceptors (Lipinski definition) is 7. The van der Waals surface area contributed by atoms with Gasteiger partial charge in [0.25, 0.3) is 0 Å². The van der Waals surface area contributed by atoms with Crippen molar-refractivity contribution in [1.82, 2.24) is 4.98 Å². The quantitative estimate of drug-likeness (QED) is 0.472. The lowest BCUT2D eigenvalue weighted by molar-refractivity contribution is -0.384. The summed E-state index contributed by atoms with van der Waals surface area (Å²) in [4.78, 5) is 28.4. The van der Waals surface area contributed by atoms with Crippen LogP contribution in [-0.2, 0) is 4.79 Å². The van der Waals surface area contributed by atoms with E-state index in [0.29, 0.717) is 24.5 Å². The molecule has 1 aliphatic rings. The average Bonchev–Trinajstić information content (AvgIpc) is 2.67. The predicted molar refractivity (Wildman–Crippen MR) is 118 cm³/mol. The van der Waals surface area contributed by atoms with Gasteiger partial charge in [0.15, 0.2) is 0 Å². The number of nitrogens with one attached hydrogen (secondary N) is 2. The molecule has 1 fully saturated rings. The fraction of sp³-hybridized carbons (Fsp3) is 0.429. The number of halogens is 1. The smallest absolute Gasteiger partial charge is 0.311 e. The molecule has 1 aliphatic heterocycles. The van der Waals surface area contributed by atoms with Gasteiger partial charge in [-0.1, -0.05) is 0 Å². The Morgan fingerprint density at radius 3 is 2.48 bits per heavy atom. The summed E-state index contributed by atoms with van der Waals surface area (Å²) < 4.78 is 14.2. The van der Waals surface area contributed by atoms with Crippen LogP contribution in [0.15, 0.2) is 36.4 Å². The molecule has 166 valence electrons. The van der Waals surface area contributed by atoms with E-state index in [0.717, 1.165) is 5.69 Å². The van der Waals surface area contributed by atoms with E-state index in [1.54, 1.807) is 30.3 Å². The summed E-state index contributed by atoms with van der Waals surface area (Å²) in [5.41, 5.74) is 6.26. The van der Waals surface area contributed by atoms with Crippen LogP contribution in [-0.4, -0.2) is 40.6 Å². The molecule has 2 aromatic rings. The van der Waals surface area contributed by atoms with E-state index in [1.165, 1.54) is 6.07 Å². The number of alkyl halides is 1. The number of rotatable bonds is 6. The molecule has 1 amide bonds. The molecule has 2 heterocycles. The van der Waals surface area contributed by atoms with E-state index < -0.39 is 22.9 Å². The number of nitrogens with zero attached hydrogens (tertiary/aromatic N) is 3. The highest BCUT2D eigenvalue weighted by Gasteiger charge is 2.33. The van der Waals surface area contributed by atoms with E-state index in [4.69, 9.17) is 5.73 Å². The minimum atomic E-state index is -1.31. The average molecular weight is 430 g/mol. The largest absolute Gasteiger partial charge is 0.369 e. The highest BCUT2D eigenvalue weighted by atomic mass is 19.1. The summed E-state index contributed by atoms with van der Waals surface area (Å²) in [6.07, 6.45) is -0.950. The molecule has 0 spiro atoms. The van der Waals surface area contributed by atoms with E-state index in [9.17, 15) is 19.3 Å². The molecule has 1 aromatic heterocycles. The van der Waals surface area contributed by atoms with Crippen LogP contribution in [0.4, 0.5) is 33.1 Å². The number of amides is 1. The van der Waals surface area contributed by atoms with Gasteiger partial charge in [0, 0.05) is 36.1 Å². The van der Waals surface area contributed by atoms with Crippen LogP contribution in [0.1, 0.15) is 27.2 Å². The van der Waals surface area contributed by atoms with Gasteiger partial charge in [-0.05, 0) is 57.5 Å². The van der Waals surface area contributed by atoms with Gasteiger partial charge in [-0.3, -0.25) is 14.9 Å². The number of hydrogen-bond donors (Lipinski definition) is 3. The van der Waals surface area contributed by atoms with E-state index in [-0.39, 0.29) is 23.6 Å². The maximum Gasteiger partial charge on any atom is 0.311 e. The molecule has 0 saturated carbocycles. The van der Waals surface area contributed by atoms with Crippen LogP contribution < -0.4 is 21.3 Å². The van der Waals surface area contributed by atoms with Gasteiger partial charge in [0.1, 0.15) is 12.0 Å². The topological polar surface area (TPSA) is 126 Å². The lowest BCUT2D eigenvalue weighted by Crippen LogP contribution is -2.46. The molecule has 0 bridgehead atoms. The van der Waals surface area contributed by atoms with Crippen LogP contribution in [0.2, 0.25) is 0 Å². The molecular formula is C21H27FN6O3. The fourth-order valence-electron chi connectivity index (χ4n) is 3.50. The Hall–Kier alpha value is -3.43. The van der Waals surface area contributed by atoms with Crippen LogP contribution in [0.25, 0.3) is 0 Å². The van der Waals surface area contributed by atoms with Gasteiger partial charge in [-0.15, -0.1) is 0 Å². The van der Waals surface area contributed by atoms with Crippen molar-refractivity contribution in [2.75, 3.05) is 28.6 Å². The number of benzene rings is 1. The Bertz CT molecular complexity index is 961. The normalized spacial score (nSPS) is 19.0. The summed E-state index contributed by atoms with van der Waals surface area (Å²) in [6.45, 7) is 6.52. The number of aromatic nitrogens is 1. The first kappa shape index (κ1) is 22.3. The lowest BCUT2D eigenvalue weighted by atomic mass is 9.94. The third kappa shape index (κ3) is 5.59. The molecule has 2 atom stereocenters. The molecule has 4 N–H and O–H groups in total. The lowest BCUT2D eigenvalue weighted by Gasteiger charge is -2.34. The van der Waals surface area contributed by atoms with Crippen molar-refractivity contribution in [3.05, 3.63) is 46.5 Å². The number of nitro groups is 1. The SMILES string of the molecule is CC(C)(C)Nc1ccc([N+](=O)[O-])c(Nc2ccc(N3CCC(C(N)=O)C(F)C3)cc2)n1. The monoisotopic (exact) mass is 430 g/mol. The Morgan fingerprint density at radius 2 is 1.94 bits per heavy atom. The molecule has 0 aliphatic carbocycles. The van der Waals surface area contributed by atoms with E-state index in [2.05, 4.69) is 15.6 Å². The van der Waals surface area contributed by atoms with Crippen molar-refractivity contribution in [2.24, 2.45) is 11.7 Å². The van der Waals surface area contributed by atoms with Gasteiger partial charge < -0.3 is 21.3 Å². The van der Waals surface area contributed by atoms with Crippen molar-refractivity contribution in [3.8, 4) is 0 Å². The standard InChI is InChI=1S/C21H27FN6O3/c1-21(2,3)26-18-9-8-17(28(30)31)20(25-18)24-13-4-6-14(7-5-13)27-11-10-15(19(23)29)16(22)12-27/h4-9,15-16H,10-12H2,1-3H3,(H2,23,29)(H2,24,25,26). The summed E-state index contributed by atoms with van der Waals surface area (Å²) >= 11 is 0. The Labute approximate surface area is 180 Å². The maximum atomic E-state index is 14.2. The first-order valence-corrected chi connectivity index (χ1v) is 10.0. The summed E-state index contributed by atoms with van der Waals surface area (Å²) in [7, 11) is 0. The van der Waals surface area contributed by atoms with Crippen molar-refractivity contribution >= 4 is 34.6 Å². The predicted octanol–water partition coefficient (Wildman–Crippen LogP) is 3.59. The van der Waals surface area contributed by atoms with Crippen molar-refractivity contribution in [1.29, 1.82) is 0 Å². The zero-order valence-electron chi connectivity index (χ0n) is 17.8. The Kier molecular flexibility index (Phi) is 6.28. The zero-order valence-corrected chi connectivity index (χ0v) is 17.8. The first-order chi connectivity index (χ1) is 14.5. The summed E-state index contributed by atoms with van der Waals surface area (Å²) in [5, 5.41) is 17.6. The number of piperidine rings is 1. The molecular weight excluding hydrogens is 403 g/mol. The minimum absolute atomic E-state index is 0.0912. The van der Waals surface area contributed by atoms with Crippen LogP contribution in [0.5, 0.6) is 0 Å². The molecule has 3 rings (SSSR count). The number of carbonyl (C=O) groups excluding carboxylic acids is 1. The summed E-state index contributed by atoms with van der Waals surface area (Å²) in [5.74, 6) is -0.719. The highest BCUT2D eigenvalue weighted by Crippen LogP contribution is 2.30. The van der Waals surface area contributed by atoms with Gasteiger partial charge in [-0.2, -0.15) is 0 Å². The van der Waals surface area contributed by atoms with Gasteiger partial charge in [0.2, 0.25) is 11.7 Å². The second-order valence-electron chi connectivity index (χ2n) is 8.63. The Balaban J connectivity index is 1.76. The second-order valence-corrected chi connectivity index (χ2v) is 8.63. The third-order valence-electron chi connectivity index (χ3n) is 4.98. The van der Waals surface area contributed by atoms with Gasteiger partial charge in [0.05, 0.1) is 10.8 Å². The van der Waals surface area contributed by atoms with Gasteiger partial charge in [-0.25, -0.2) is 9.37 Å².